The zero-order valence-corrected chi connectivity index (χ0v) is 13.9. The average molecular weight is 332 g/mol. The van der Waals surface area contributed by atoms with Gasteiger partial charge in [0, 0.05) is 18.0 Å². The summed E-state index contributed by atoms with van der Waals surface area (Å²) in [7, 11) is 0. The number of hydrogen-bond acceptors (Lipinski definition) is 5. The second-order valence-electron chi connectivity index (χ2n) is 5.10. The average Bonchev–Trinajstić information content (AvgIpc) is 2.93. The number of aromatic amines is 1. The van der Waals surface area contributed by atoms with Crippen LogP contribution in [0, 0.1) is 6.92 Å². The number of fused-ring (bicyclic) bond motifs is 1. The van der Waals surface area contributed by atoms with Gasteiger partial charge in [-0.2, -0.15) is 4.98 Å². The second-order valence-corrected chi connectivity index (χ2v) is 6.39. The fraction of sp³-hybridized carbons (Fsp3) is 0.333. The van der Waals surface area contributed by atoms with Crippen molar-refractivity contribution in [3.63, 3.8) is 0 Å². The number of thiophene rings is 1. The summed E-state index contributed by atoms with van der Waals surface area (Å²) in [4.78, 5) is 45.5. The van der Waals surface area contributed by atoms with Crippen LogP contribution in [0.2, 0.25) is 0 Å². The number of aromatic nitrogens is 4. The molecule has 23 heavy (non-hydrogen) atoms. The Morgan fingerprint density at radius 2 is 1.83 bits per heavy atom. The van der Waals surface area contributed by atoms with Gasteiger partial charge in [0.25, 0.3) is 5.56 Å². The van der Waals surface area contributed by atoms with Crippen LogP contribution in [0.25, 0.3) is 21.6 Å². The second kappa shape index (κ2) is 5.62. The normalized spacial score (nSPS) is 11.3. The van der Waals surface area contributed by atoms with Gasteiger partial charge in [-0.3, -0.25) is 13.9 Å². The Hall–Kier alpha value is -2.48. The van der Waals surface area contributed by atoms with Crippen molar-refractivity contribution in [2.75, 3.05) is 0 Å². The van der Waals surface area contributed by atoms with Crippen molar-refractivity contribution >= 4 is 22.4 Å². The first-order valence-corrected chi connectivity index (χ1v) is 8.14. The van der Waals surface area contributed by atoms with Gasteiger partial charge >= 0.3 is 11.4 Å². The fourth-order valence-electron chi connectivity index (χ4n) is 2.63. The van der Waals surface area contributed by atoms with E-state index >= 15 is 0 Å². The summed E-state index contributed by atoms with van der Waals surface area (Å²) in [6, 6.07) is 3.76. The topological polar surface area (TPSA) is 89.8 Å². The molecule has 0 saturated carbocycles. The highest BCUT2D eigenvalue weighted by Gasteiger charge is 2.18. The molecule has 8 heteroatoms. The minimum absolute atomic E-state index is 0.136. The predicted octanol–water partition coefficient (Wildman–Crippen LogP) is 1.32. The molecule has 0 bridgehead atoms. The summed E-state index contributed by atoms with van der Waals surface area (Å²) in [6.45, 7) is 6.05. The molecule has 0 fully saturated rings. The Bertz CT molecular complexity index is 1070. The van der Waals surface area contributed by atoms with E-state index in [4.69, 9.17) is 0 Å². The molecule has 3 aromatic heterocycles. The van der Waals surface area contributed by atoms with E-state index < -0.39 is 16.9 Å². The summed E-state index contributed by atoms with van der Waals surface area (Å²) in [5, 5.41) is 0.273. The minimum atomic E-state index is -0.575. The summed E-state index contributed by atoms with van der Waals surface area (Å²) in [5.74, 6) is 0. The highest BCUT2D eigenvalue weighted by atomic mass is 32.1. The number of nitrogens with one attached hydrogen (secondary N) is 1. The van der Waals surface area contributed by atoms with Crippen LogP contribution in [-0.2, 0) is 13.1 Å². The van der Waals surface area contributed by atoms with E-state index in [1.54, 1.807) is 13.8 Å². The Labute approximate surface area is 134 Å². The largest absolute Gasteiger partial charge is 0.347 e. The highest BCUT2D eigenvalue weighted by molar-refractivity contribution is 7.15. The summed E-state index contributed by atoms with van der Waals surface area (Å²) in [6.07, 6.45) is 0. The maximum Gasteiger partial charge on any atom is 0.347 e. The number of aryl methyl sites for hydroxylation is 2. The van der Waals surface area contributed by atoms with Crippen LogP contribution >= 0.6 is 11.3 Å². The molecule has 0 radical (unpaired) electrons. The number of nitrogens with zero attached hydrogens (tertiary/aromatic N) is 3. The molecule has 120 valence electrons. The van der Waals surface area contributed by atoms with Gasteiger partial charge in [-0.05, 0) is 32.9 Å². The van der Waals surface area contributed by atoms with E-state index in [9.17, 15) is 14.4 Å². The third-order valence-electron chi connectivity index (χ3n) is 3.71. The van der Waals surface area contributed by atoms with Crippen molar-refractivity contribution in [1.29, 1.82) is 0 Å². The van der Waals surface area contributed by atoms with Crippen molar-refractivity contribution in [3.05, 3.63) is 48.3 Å². The van der Waals surface area contributed by atoms with Crippen molar-refractivity contribution in [2.45, 2.75) is 33.9 Å². The molecule has 1 N–H and O–H groups in total. The monoisotopic (exact) mass is 332 g/mol. The van der Waals surface area contributed by atoms with E-state index in [-0.39, 0.29) is 17.6 Å². The van der Waals surface area contributed by atoms with Gasteiger partial charge in [0.2, 0.25) is 0 Å². The fourth-order valence-corrected chi connectivity index (χ4v) is 3.51. The van der Waals surface area contributed by atoms with Gasteiger partial charge in [-0.25, -0.2) is 9.59 Å². The molecule has 0 atom stereocenters. The molecular formula is C15H16N4O3S. The zero-order chi connectivity index (χ0) is 16.7. The van der Waals surface area contributed by atoms with E-state index in [2.05, 4.69) is 9.97 Å². The maximum absolute atomic E-state index is 12.8. The molecule has 0 amide bonds. The summed E-state index contributed by atoms with van der Waals surface area (Å²) in [5.41, 5.74) is -0.890. The maximum atomic E-state index is 12.8. The summed E-state index contributed by atoms with van der Waals surface area (Å²) >= 11 is 1.47. The number of rotatable bonds is 3. The third kappa shape index (κ3) is 2.35. The Morgan fingerprint density at radius 3 is 2.39 bits per heavy atom. The van der Waals surface area contributed by atoms with Crippen LogP contribution in [0.15, 0.2) is 26.5 Å². The van der Waals surface area contributed by atoms with Gasteiger partial charge in [-0.1, -0.05) is 0 Å². The van der Waals surface area contributed by atoms with Gasteiger partial charge in [0.05, 0.1) is 10.6 Å². The van der Waals surface area contributed by atoms with Crippen LogP contribution in [0.1, 0.15) is 18.7 Å². The molecule has 3 heterocycles. The van der Waals surface area contributed by atoms with Crippen LogP contribution in [0.4, 0.5) is 0 Å². The van der Waals surface area contributed by atoms with Crippen LogP contribution in [-0.4, -0.2) is 19.1 Å². The van der Waals surface area contributed by atoms with Crippen molar-refractivity contribution in [1.82, 2.24) is 19.1 Å². The third-order valence-corrected chi connectivity index (χ3v) is 4.73. The SMILES string of the molecule is CCn1c(=O)c2c(-c3ccc(C)s3)[nH]c(=O)nc2n(CC)c1=O. The molecule has 0 saturated heterocycles. The molecule has 3 rings (SSSR count). The number of H-pyrrole nitrogens is 1. The van der Waals surface area contributed by atoms with Gasteiger partial charge in [0.1, 0.15) is 5.39 Å². The molecule has 7 nitrogen and oxygen atoms in total. The van der Waals surface area contributed by atoms with Crippen LogP contribution in [0.3, 0.4) is 0 Å². The quantitative estimate of drug-likeness (QED) is 0.783. The lowest BCUT2D eigenvalue weighted by atomic mass is 10.2. The molecule has 3 aromatic rings. The first-order chi connectivity index (χ1) is 11.0. The predicted molar refractivity (Wildman–Crippen MR) is 90.3 cm³/mol. The van der Waals surface area contributed by atoms with Crippen molar-refractivity contribution in [3.8, 4) is 10.6 Å². The molecule has 0 aromatic carbocycles. The van der Waals surface area contributed by atoms with Crippen molar-refractivity contribution in [2.24, 2.45) is 0 Å². The van der Waals surface area contributed by atoms with E-state index in [1.807, 2.05) is 19.1 Å². The Kier molecular flexibility index (Phi) is 3.77. The lowest BCUT2D eigenvalue weighted by Gasteiger charge is -2.12. The summed E-state index contributed by atoms with van der Waals surface area (Å²) < 4.78 is 2.52. The van der Waals surface area contributed by atoms with E-state index in [0.29, 0.717) is 12.2 Å². The molecule has 0 unspecified atom stereocenters. The first kappa shape index (κ1) is 15.4. The van der Waals surface area contributed by atoms with E-state index in [0.717, 1.165) is 14.3 Å². The molecular weight excluding hydrogens is 316 g/mol. The smallest absolute Gasteiger partial charge is 0.304 e. The molecule has 0 aliphatic rings. The van der Waals surface area contributed by atoms with Gasteiger partial charge in [0.15, 0.2) is 5.65 Å². The molecule has 0 aliphatic heterocycles. The molecule has 0 aliphatic carbocycles. The minimum Gasteiger partial charge on any atom is -0.304 e. The Balaban J connectivity index is 2.59. The lowest BCUT2D eigenvalue weighted by Crippen LogP contribution is -2.40. The highest BCUT2D eigenvalue weighted by Crippen LogP contribution is 2.28. The van der Waals surface area contributed by atoms with E-state index in [1.165, 1.54) is 15.9 Å². The number of hydrogen-bond donors (Lipinski definition) is 1. The standard InChI is InChI=1S/C15H16N4O3S/c1-4-18-12-10(13(20)19(5-2)15(18)22)11(16-14(21)17-12)9-7-6-8(3)23-9/h6-7H,4-5H2,1-3H3,(H,16,17,21). The molecule has 0 spiro atoms. The first-order valence-electron chi connectivity index (χ1n) is 7.32. The Morgan fingerprint density at radius 1 is 1.13 bits per heavy atom. The van der Waals surface area contributed by atoms with Crippen molar-refractivity contribution < 1.29 is 0 Å². The van der Waals surface area contributed by atoms with Gasteiger partial charge in [-0.15, -0.1) is 11.3 Å². The van der Waals surface area contributed by atoms with Crippen LogP contribution in [0.5, 0.6) is 0 Å². The zero-order valence-electron chi connectivity index (χ0n) is 13.0. The van der Waals surface area contributed by atoms with Gasteiger partial charge < -0.3 is 4.98 Å². The van der Waals surface area contributed by atoms with Crippen LogP contribution < -0.4 is 16.9 Å². The lowest BCUT2D eigenvalue weighted by molar-refractivity contribution is 0.604.